The van der Waals surface area contributed by atoms with Crippen molar-refractivity contribution in [1.82, 2.24) is 9.78 Å². The van der Waals surface area contributed by atoms with Crippen LogP contribution in [-0.2, 0) is 0 Å². The molecule has 16 heavy (non-hydrogen) atoms. The fraction of sp³-hybridized carbons (Fsp3) is 0.273. The van der Waals surface area contributed by atoms with Crippen molar-refractivity contribution in [1.29, 1.82) is 0 Å². The molecule has 0 aromatic carbocycles. The summed E-state index contributed by atoms with van der Waals surface area (Å²) in [6.07, 6.45) is 1.67. The maximum atomic E-state index is 12.2. The third-order valence-electron chi connectivity index (χ3n) is 2.24. The average Bonchev–Trinajstić information content (AvgIpc) is 2.84. The molecule has 0 N–H and O–H groups in total. The molecule has 0 bridgehead atoms. The number of halogens is 1. The smallest absolute Gasteiger partial charge is 0.213 e. The van der Waals surface area contributed by atoms with Crippen LogP contribution >= 0.6 is 27.3 Å². The summed E-state index contributed by atoms with van der Waals surface area (Å²) in [6.45, 7) is 4.01. The number of rotatable bonds is 3. The molecule has 0 aliphatic rings. The monoisotopic (exact) mass is 298 g/mol. The number of ketones is 1. The van der Waals surface area contributed by atoms with Gasteiger partial charge in [0.05, 0.1) is 10.7 Å². The molecule has 0 saturated heterocycles. The van der Waals surface area contributed by atoms with Gasteiger partial charge in [-0.05, 0) is 41.2 Å². The minimum Gasteiger partial charge on any atom is -0.287 e. The zero-order chi connectivity index (χ0) is 11.7. The van der Waals surface area contributed by atoms with Gasteiger partial charge in [0.1, 0.15) is 5.69 Å². The molecule has 0 radical (unpaired) electrons. The van der Waals surface area contributed by atoms with Crippen LogP contribution in [0, 0.1) is 0 Å². The molecular formula is C11H11BrN2OS. The molecule has 2 aromatic rings. The molecule has 84 valence electrons. The van der Waals surface area contributed by atoms with E-state index in [1.54, 1.807) is 10.9 Å². The minimum absolute atomic E-state index is 0.0133. The average molecular weight is 299 g/mol. The Balaban J connectivity index is 2.48. The van der Waals surface area contributed by atoms with Crippen molar-refractivity contribution in [3.05, 3.63) is 38.8 Å². The van der Waals surface area contributed by atoms with E-state index in [4.69, 9.17) is 0 Å². The molecule has 0 atom stereocenters. The zero-order valence-electron chi connectivity index (χ0n) is 8.98. The lowest BCUT2D eigenvalue weighted by Crippen LogP contribution is -2.13. The molecule has 0 unspecified atom stereocenters. The minimum atomic E-state index is 0.0133. The highest BCUT2D eigenvalue weighted by Crippen LogP contribution is 2.23. The second-order valence-corrected chi connectivity index (χ2v) is 5.35. The first-order chi connectivity index (χ1) is 7.61. The predicted octanol–water partition coefficient (Wildman–Crippen LogP) is 3.52. The normalized spacial score (nSPS) is 11.0. The van der Waals surface area contributed by atoms with E-state index in [-0.39, 0.29) is 11.8 Å². The number of carbonyl (C=O) groups is 1. The molecule has 0 fully saturated rings. The predicted molar refractivity (Wildman–Crippen MR) is 68.1 cm³/mol. The quantitative estimate of drug-likeness (QED) is 0.813. The van der Waals surface area contributed by atoms with Gasteiger partial charge in [-0.3, -0.25) is 9.48 Å². The summed E-state index contributed by atoms with van der Waals surface area (Å²) in [5.74, 6) is 0.0133. The van der Waals surface area contributed by atoms with Crippen LogP contribution in [0.4, 0.5) is 0 Å². The second-order valence-electron chi connectivity index (χ2n) is 3.72. The van der Waals surface area contributed by atoms with Crippen molar-refractivity contribution in [3.8, 4) is 0 Å². The maximum Gasteiger partial charge on any atom is 0.213 e. The highest BCUT2D eigenvalue weighted by atomic mass is 79.9. The highest BCUT2D eigenvalue weighted by molar-refractivity contribution is 9.10. The highest BCUT2D eigenvalue weighted by Gasteiger charge is 2.20. The van der Waals surface area contributed by atoms with Gasteiger partial charge in [-0.1, -0.05) is 0 Å². The topological polar surface area (TPSA) is 34.9 Å². The van der Waals surface area contributed by atoms with E-state index in [0.717, 1.165) is 4.47 Å². The molecule has 2 aromatic heterocycles. The fourth-order valence-corrected chi connectivity index (χ4v) is 2.56. The molecule has 0 saturated carbocycles. The Morgan fingerprint density at radius 3 is 2.88 bits per heavy atom. The van der Waals surface area contributed by atoms with Gasteiger partial charge in [-0.2, -0.15) is 16.4 Å². The molecule has 2 heterocycles. The van der Waals surface area contributed by atoms with Gasteiger partial charge in [0.15, 0.2) is 0 Å². The third-order valence-corrected chi connectivity index (χ3v) is 3.50. The van der Waals surface area contributed by atoms with Gasteiger partial charge in [0, 0.05) is 17.0 Å². The Labute approximate surface area is 106 Å². The maximum absolute atomic E-state index is 12.2. The van der Waals surface area contributed by atoms with E-state index >= 15 is 0 Å². The van der Waals surface area contributed by atoms with Crippen molar-refractivity contribution in [2.45, 2.75) is 19.9 Å². The molecule has 3 nitrogen and oxygen atoms in total. The Morgan fingerprint density at radius 2 is 2.31 bits per heavy atom. The SMILES string of the molecule is CC(C)n1ncc(Br)c1C(=O)c1ccsc1. The van der Waals surface area contributed by atoms with Crippen molar-refractivity contribution >= 4 is 33.0 Å². The van der Waals surface area contributed by atoms with Crippen LogP contribution in [0.15, 0.2) is 27.5 Å². The summed E-state index contributed by atoms with van der Waals surface area (Å²) < 4.78 is 2.49. The molecule has 0 aliphatic carbocycles. The number of carbonyl (C=O) groups excluding carboxylic acids is 1. The molecule has 0 spiro atoms. The van der Waals surface area contributed by atoms with Crippen LogP contribution in [0.25, 0.3) is 0 Å². The van der Waals surface area contributed by atoms with Gasteiger partial charge < -0.3 is 0 Å². The summed E-state index contributed by atoms with van der Waals surface area (Å²) in [4.78, 5) is 12.2. The summed E-state index contributed by atoms with van der Waals surface area (Å²) in [5.41, 5.74) is 1.33. The first-order valence-corrected chi connectivity index (χ1v) is 6.64. The van der Waals surface area contributed by atoms with Crippen molar-refractivity contribution in [2.75, 3.05) is 0 Å². The second kappa shape index (κ2) is 4.51. The fourth-order valence-electron chi connectivity index (χ4n) is 1.48. The van der Waals surface area contributed by atoms with E-state index in [1.165, 1.54) is 11.3 Å². The van der Waals surface area contributed by atoms with Crippen LogP contribution in [0.2, 0.25) is 0 Å². The molecule has 0 aliphatic heterocycles. The van der Waals surface area contributed by atoms with Crippen LogP contribution in [0.5, 0.6) is 0 Å². The lowest BCUT2D eigenvalue weighted by Gasteiger charge is -2.09. The lowest BCUT2D eigenvalue weighted by atomic mass is 10.1. The molecule has 5 heteroatoms. The van der Waals surface area contributed by atoms with Gasteiger partial charge in [-0.25, -0.2) is 0 Å². The van der Waals surface area contributed by atoms with E-state index in [0.29, 0.717) is 11.3 Å². The molecule has 0 amide bonds. The number of aromatic nitrogens is 2. The van der Waals surface area contributed by atoms with E-state index in [2.05, 4.69) is 21.0 Å². The number of hydrogen-bond acceptors (Lipinski definition) is 3. The van der Waals surface area contributed by atoms with Crippen LogP contribution in [0.3, 0.4) is 0 Å². The summed E-state index contributed by atoms with van der Waals surface area (Å²) in [5, 5.41) is 7.95. The Kier molecular flexibility index (Phi) is 3.25. The van der Waals surface area contributed by atoms with Gasteiger partial charge in [0.25, 0.3) is 0 Å². The largest absolute Gasteiger partial charge is 0.287 e. The molecule has 2 rings (SSSR count). The van der Waals surface area contributed by atoms with E-state index in [1.807, 2.05) is 30.7 Å². The first kappa shape index (κ1) is 11.5. The van der Waals surface area contributed by atoms with Crippen LogP contribution < -0.4 is 0 Å². The first-order valence-electron chi connectivity index (χ1n) is 4.91. The van der Waals surface area contributed by atoms with Crippen molar-refractivity contribution in [3.63, 3.8) is 0 Å². The Bertz CT molecular complexity index is 502. The van der Waals surface area contributed by atoms with E-state index in [9.17, 15) is 4.79 Å². The molecular weight excluding hydrogens is 288 g/mol. The van der Waals surface area contributed by atoms with Crippen LogP contribution in [0.1, 0.15) is 35.9 Å². The zero-order valence-corrected chi connectivity index (χ0v) is 11.4. The van der Waals surface area contributed by atoms with Gasteiger partial charge >= 0.3 is 0 Å². The number of hydrogen-bond donors (Lipinski definition) is 0. The van der Waals surface area contributed by atoms with Gasteiger partial charge in [-0.15, -0.1) is 0 Å². The summed E-state index contributed by atoms with van der Waals surface area (Å²) >= 11 is 4.89. The van der Waals surface area contributed by atoms with Crippen LogP contribution in [-0.4, -0.2) is 15.6 Å². The van der Waals surface area contributed by atoms with Crippen molar-refractivity contribution in [2.24, 2.45) is 0 Å². The van der Waals surface area contributed by atoms with Crippen molar-refractivity contribution < 1.29 is 4.79 Å². The number of nitrogens with zero attached hydrogens (tertiary/aromatic N) is 2. The standard InChI is InChI=1S/C11H11BrN2OS/c1-7(2)14-10(9(12)5-13-14)11(15)8-3-4-16-6-8/h3-7H,1-2H3. The summed E-state index contributed by atoms with van der Waals surface area (Å²) in [6, 6.07) is 2.00. The Morgan fingerprint density at radius 1 is 1.56 bits per heavy atom. The lowest BCUT2D eigenvalue weighted by molar-refractivity contribution is 0.102. The summed E-state index contributed by atoms with van der Waals surface area (Å²) in [7, 11) is 0. The Hall–Kier alpha value is -0.940. The van der Waals surface area contributed by atoms with E-state index < -0.39 is 0 Å². The third kappa shape index (κ3) is 1.97. The number of thiophene rings is 1. The van der Waals surface area contributed by atoms with Gasteiger partial charge in [0.2, 0.25) is 5.78 Å².